The third-order valence-corrected chi connectivity index (χ3v) is 4.53. The summed E-state index contributed by atoms with van der Waals surface area (Å²) in [7, 11) is 0. The van der Waals surface area contributed by atoms with E-state index in [0.717, 1.165) is 22.9 Å². The summed E-state index contributed by atoms with van der Waals surface area (Å²) < 4.78 is 0. The summed E-state index contributed by atoms with van der Waals surface area (Å²) in [6, 6.07) is 0. The van der Waals surface area contributed by atoms with Crippen LogP contribution in [0.5, 0.6) is 0 Å². The van der Waals surface area contributed by atoms with E-state index in [1.807, 2.05) is 6.26 Å². The van der Waals surface area contributed by atoms with Crippen LogP contribution in [-0.2, 0) is 0 Å². The molecule has 1 rings (SSSR count). The van der Waals surface area contributed by atoms with Crippen LogP contribution < -0.4 is 16.8 Å². The fourth-order valence-corrected chi connectivity index (χ4v) is 3.42. The van der Waals surface area contributed by atoms with E-state index in [1.54, 1.807) is 0 Å². The quantitative estimate of drug-likeness (QED) is 0.527. The molecular formula is C11H19N3OS2. The van der Waals surface area contributed by atoms with Crippen molar-refractivity contribution >= 4 is 39.7 Å². The number of unbranched alkanes of at least 4 members (excludes halogenated alkanes) is 2. The number of hydrogen-bond acceptors (Lipinski definition) is 5. The molecule has 0 aliphatic heterocycles. The van der Waals surface area contributed by atoms with Crippen LogP contribution in [-0.4, -0.2) is 18.7 Å². The Morgan fingerprint density at radius 2 is 2.18 bits per heavy atom. The molecule has 1 heterocycles. The van der Waals surface area contributed by atoms with Gasteiger partial charge in [-0.05, 0) is 12.7 Å². The van der Waals surface area contributed by atoms with Gasteiger partial charge in [-0.25, -0.2) is 0 Å². The van der Waals surface area contributed by atoms with Crippen LogP contribution in [0, 0.1) is 0 Å². The first-order valence-electron chi connectivity index (χ1n) is 5.61. The molecule has 6 heteroatoms. The first kappa shape index (κ1) is 14.2. The second-order valence-corrected chi connectivity index (χ2v) is 5.54. The predicted octanol–water partition coefficient (Wildman–Crippen LogP) is 2.75. The van der Waals surface area contributed by atoms with Crippen LogP contribution in [0.15, 0.2) is 4.90 Å². The number of hydrogen-bond donors (Lipinski definition) is 3. The molecule has 0 fully saturated rings. The van der Waals surface area contributed by atoms with Crippen molar-refractivity contribution < 1.29 is 4.79 Å². The number of primary amides is 1. The van der Waals surface area contributed by atoms with Crippen molar-refractivity contribution in [3.63, 3.8) is 0 Å². The molecule has 4 nitrogen and oxygen atoms in total. The van der Waals surface area contributed by atoms with E-state index in [0.29, 0.717) is 10.6 Å². The molecule has 5 N–H and O–H groups in total. The smallest absolute Gasteiger partial charge is 0.261 e. The van der Waals surface area contributed by atoms with Crippen molar-refractivity contribution in [2.45, 2.75) is 31.1 Å². The van der Waals surface area contributed by atoms with Crippen molar-refractivity contribution in [2.24, 2.45) is 5.73 Å². The maximum atomic E-state index is 11.2. The van der Waals surface area contributed by atoms with Gasteiger partial charge in [-0.1, -0.05) is 19.8 Å². The van der Waals surface area contributed by atoms with Gasteiger partial charge in [0.25, 0.3) is 5.91 Å². The standard InChI is InChI=1S/C11H19N3OS2/c1-3-4-5-6-14-11-9(16-2)7(12)8(17-11)10(13)15/h14H,3-6,12H2,1-2H3,(H2,13,15). The number of anilines is 2. The van der Waals surface area contributed by atoms with Gasteiger partial charge in [0.15, 0.2) is 0 Å². The van der Waals surface area contributed by atoms with Crippen LogP contribution in [0.3, 0.4) is 0 Å². The molecule has 1 amide bonds. The number of carbonyl (C=O) groups excluding carboxylic acids is 1. The van der Waals surface area contributed by atoms with Crippen LogP contribution >= 0.6 is 23.1 Å². The molecule has 0 aliphatic rings. The first-order chi connectivity index (χ1) is 8.11. The lowest BCUT2D eigenvalue weighted by atomic mass is 10.2. The minimum Gasteiger partial charge on any atom is -0.396 e. The molecule has 0 radical (unpaired) electrons. The SMILES string of the molecule is CCCCCNc1sc(C(N)=O)c(N)c1SC. The number of thioether (sulfide) groups is 1. The van der Waals surface area contributed by atoms with E-state index < -0.39 is 5.91 Å². The molecule has 0 bridgehead atoms. The number of carbonyl (C=O) groups is 1. The van der Waals surface area contributed by atoms with Gasteiger partial charge in [0.05, 0.1) is 10.6 Å². The summed E-state index contributed by atoms with van der Waals surface area (Å²) in [6.45, 7) is 3.07. The highest BCUT2D eigenvalue weighted by molar-refractivity contribution is 7.99. The summed E-state index contributed by atoms with van der Waals surface area (Å²) in [5, 5.41) is 4.28. The van der Waals surface area contributed by atoms with Crippen LogP contribution in [0.4, 0.5) is 10.7 Å². The summed E-state index contributed by atoms with van der Waals surface area (Å²) in [4.78, 5) is 12.6. The zero-order chi connectivity index (χ0) is 12.8. The fourth-order valence-electron chi connectivity index (χ4n) is 1.51. The Morgan fingerprint density at radius 1 is 1.47 bits per heavy atom. The molecule has 0 unspecified atom stereocenters. The summed E-state index contributed by atoms with van der Waals surface area (Å²) in [5.41, 5.74) is 11.7. The van der Waals surface area contributed by atoms with Crippen molar-refractivity contribution in [2.75, 3.05) is 23.9 Å². The van der Waals surface area contributed by atoms with E-state index >= 15 is 0 Å². The number of rotatable bonds is 7. The van der Waals surface area contributed by atoms with E-state index in [2.05, 4.69) is 12.2 Å². The molecule has 17 heavy (non-hydrogen) atoms. The second-order valence-electron chi connectivity index (χ2n) is 3.71. The van der Waals surface area contributed by atoms with E-state index in [-0.39, 0.29) is 0 Å². The molecule has 96 valence electrons. The Balaban J connectivity index is 2.77. The molecule has 1 aromatic rings. The third-order valence-electron chi connectivity index (χ3n) is 2.39. The predicted molar refractivity (Wildman–Crippen MR) is 77.0 cm³/mol. The number of nitrogens with two attached hydrogens (primary N) is 2. The van der Waals surface area contributed by atoms with Crippen LogP contribution in [0.1, 0.15) is 35.9 Å². The van der Waals surface area contributed by atoms with Gasteiger partial charge < -0.3 is 16.8 Å². The summed E-state index contributed by atoms with van der Waals surface area (Å²) in [5.74, 6) is -0.454. The minimum absolute atomic E-state index is 0.451. The minimum atomic E-state index is -0.454. The van der Waals surface area contributed by atoms with Crippen LogP contribution in [0.25, 0.3) is 0 Å². The molecular weight excluding hydrogens is 254 g/mol. The highest BCUT2D eigenvalue weighted by Crippen LogP contribution is 2.41. The van der Waals surface area contributed by atoms with Gasteiger partial charge in [-0.3, -0.25) is 4.79 Å². The molecule has 0 atom stereocenters. The summed E-state index contributed by atoms with van der Waals surface area (Å²) >= 11 is 2.88. The monoisotopic (exact) mass is 273 g/mol. The maximum absolute atomic E-state index is 11.2. The van der Waals surface area contributed by atoms with E-state index in [4.69, 9.17) is 11.5 Å². The lowest BCUT2D eigenvalue weighted by Gasteiger charge is -2.05. The Hall–Kier alpha value is -0.880. The fraction of sp³-hybridized carbons (Fsp3) is 0.545. The lowest BCUT2D eigenvalue weighted by Crippen LogP contribution is -2.10. The number of thiophene rings is 1. The molecule has 0 aromatic carbocycles. The van der Waals surface area contributed by atoms with E-state index in [1.165, 1.54) is 35.9 Å². The zero-order valence-corrected chi connectivity index (χ0v) is 11.8. The molecule has 0 saturated carbocycles. The number of nitrogen functional groups attached to an aromatic ring is 1. The van der Waals surface area contributed by atoms with Gasteiger partial charge >= 0.3 is 0 Å². The molecule has 0 spiro atoms. The Labute approximate surface area is 110 Å². The third kappa shape index (κ3) is 3.54. The zero-order valence-electron chi connectivity index (χ0n) is 10.2. The van der Waals surface area contributed by atoms with Gasteiger partial charge in [0, 0.05) is 6.54 Å². The largest absolute Gasteiger partial charge is 0.396 e. The topological polar surface area (TPSA) is 81.1 Å². The second kappa shape index (κ2) is 6.76. The number of amides is 1. The highest BCUT2D eigenvalue weighted by Gasteiger charge is 2.18. The summed E-state index contributed by atoms with van der Waals surface area (Å²) in [6.07, 6.45) is 5.45. The normalized spacial score (nSPS) is 10.5. The van der Waals surface area contributed by atoms with Crippen LogP contribution in [0.2, 0.25) is 0 Å². The van der Waals surface area contributed by atoms with Crippen molar-refractivity contribution in [1.29, 1.82) is 0 Å². The van der Waals surface area contributed by atoms with Gasteiger partial charge in [-0.2, -0.15) is 0 Å². The van der Waals surface area contributed by atoms with Crippen molar-refractivity contribution in [3.8, 4) is 0 Å². The maximum Gasteiger partial charge on any atom is 0.261 e. The highest BCUT2D eigenvalue weighted by atomic mass is 32.2. The van der Waals surface area contributed by atoms with E-state index in [9.17, 15) is 4.79 Å². The number of nitrogens with one attached hydrogen (secondary N) is 1. The average molecular weight is 273 g/mol. The molecule has 0 saturated heterocycles. The first-order valence-corrected chi connectivity index (χ1v) is 7.65. The van der Waals surface area contributed by atoms with Crippen molar-refractivity contribution in [3.05, 3.63) is 4.88 Å². The molecule has 0 aliphatic carbocycles. The van der Waals surface area contributed by atoms with Gasteiger partial charge in [0.2, 0.25) is 0 Å². The van der Waals surface area contributed by atoms with Gasteiger partial charge in [0.1, 0.15) is 9.88 Å². The molecule has 1 aromatic heterocycles. The lowest BCUT2D eigenvalue weighted by molar-refractivity contribution is 0.100. The Kier molecular flexibility index (Phi) is 5.64. The van der Waals surface area contributed by atoms with Crippen molar-refractivity contribution in [1.82, 2.24) is 0 Å². The van der Waals surface area contributed by atoms with Gasteiger partial charge in [-0.15, -0.1) is 23.1 Å². The Bertz CT molecular complexity index is 390. The average Bonchev–Trinajstić information content (AvgIpc) is 2.61. The Morgan fingerprint density at radius 3 is 2.71 bits per heavy atom.